The summed E-state index contributed by atoms with van der Waals surface area (Å²) in [5.41, 5.74) is 2.38. The Morgan fingerprint density at radius 1 is 1.53 bits per heavy atom. The van der Waals surface area contributed by atoms with E-state index in [9.17, 15) is 0 Å². The molecule has 0 aromatic carbocycles. The van der Waals surface area contributed by atoms with Crippen molar-refractivity contribution in [1.29, 1.82) is 0 Å². The van der Waals surface area contributed by atoms with Gasteiger partial charge in [-0.05, 0) is 32.0 Å². The smallest absolute Gasteiger partial charge is 0.166 e. The molecule has 5 heteroatoms. The van der Waals surface area contributed by atoms with Crippen molar-refractivity contribution in [3.05, 3.63) is 17.5 Å². The van der Waals surface area contributed by atoms with Gasteiger partial charge in [0.05, 0.1) is 6.20 Å². The molecule has 0 amide bonds. The average molecular weight is 252 g/mol. The highest BCUT2D eigenvalue weighted by molar-refractivity contribution is 7.80. The van der Waals surface area contributed by atoms with Gasteiger partial charge in [0.25, 0.3) is 0 Å². The second kappa shape index (κ2) is 5.49. The van der Waals surface area contributed by atoms with E-state index in [1.807, 2.05) is 17.9 Å². The van der Waals surface area contributed by atoms with Crippen molar-refractivity contribution in [1.82, 2.24) is 20.4 Å². The third-order valence-corrected chi connectivity index (χ3v) is 3.73. The summed E-state index contributed by atoms with van der Waals surface area (Å²) < 4.78 is 1.88. The van der Waals surface area contributed by atoms with E-state index in [2.05, 4.69) is 22.7 Å². The zero-order valence-electron chi connectivity index (χ0n) is 10.5. The van der Waals surface area contributed by atoms with Gasteiger partial charge in [-0.3, -0.25) is 4.68 Å². The van der Waals surface area contributed by atoms with Gasteiger partial charge in [-0.1, -0.05) is 12.8 Å². The van der Waals surface area contributed by atoms with Crippen LogP contribution < -0.4 is 10.6 Å². The van der Waals surface area contributed by atoms with E-state index in [4.69, 9.17) is 12.2 Å². The van der Waals surface area contributed by atoms with Crippen LogP contribution in [-0.2, 0) is 13.6 Å². The molecular weight excluding hydrogens is 232 g/mol. The van der Waals surface area contributed by atoms with Crippen molar-refractivity contribution in [2.24, 2.45) is 7.05 Å². The lowest BCUT2D eigenvalue weighted by Crippen LogP contribution is -2.40. The quantitative estimate of drug-likeness (QED) is 0.803. The SMILES string of the molecule is Cc1c(CNC(=S)NC2CCCC2)cnn1C. The summed E-state index contributed by atoms with van der Waals surface area (Å²) in [6.45, 7) is 2.82. The maximum atomic E-state index is 5.29. The molecule has 2 rings (SSSR count). The molecule has 1 aromatic heterocycles. The molecule has 4 nitrogen and oxygen atoms in total. The van der Waals surface area contributed by atoms with Crippen LogP contribution in [0.1, 0.15) is 36.9 Å². The second-order valence-corrected chi connectivity index (χ2v) is 5.10. The van der Waals surface area contributed by atoms with Crippen molar-refractivity contribution in [3.63, 3.8) is 0 Å². The van der Waals surface area contributed by atoms with Crippen molar-refractivity contribution in [2.45, 2.75) is 45.2 Å². The molecule has 94 valence electrons. The van der Waals surface area contributed by atoms with E-state index in [1.165, 1.54) is 36.9 Å². The van der Waals surface area contributed by atoms with Crippen LogP contribution in [0.5, 0.6) is 0 Å². The lowest BCUT2D eigenvalue weighted by molar-refractivity contribution is 0.621. The third-order valence-electron chi connectivity index (χ3n) is 3.47. The number of thiocarbonyl (C=S) groups is 1. The summed E-state index contributed by atoms with van der Waals surface area (Å²) in [5.74, 6) is 0. The molecule has 0 bridgehead atoms. The van der Waals surface area contributed by atoms with Crippen molar-refractivity contribution < 1.29 is 0 Å². The topological polar surface area (TPSA) is 41.9 Å². The van der Waals surface area contributed by atoms with Crippen LogP contribution in [0.25, 0.3) is 0 Å². The predicted octanol–water partition coefficient (Wildman–Crippen LogP) is 1.64. The van der Waals surface area contributed by atoms with Gasteiger partial charge in [0, 0.05) is 30.9 Å². The fourth-order valence-corrected chi connectivity index (χ4v) is 2.44. The Morgan fingerprint density at radius 3 is 2.82 bits per heavy atom. The summed E-state index contributed by atoms with van der Waals surface area (Å²) in [7, 11) is 1.95. The number of hydrogen-bond acceptors (Lipinski definition) is 2. The van der Waals surface area contributed by atoms with Crippen LogP contribution in [0, 0.1) is 6.92 Å². The van der Waals surface area contributed by atoms with E-state index in [-0.39, 0.29) is 0 Å². The highest BCUT2D eigenvalue weighted by Crippen LogP contribution is 2.17. The van der Waals surface area contributed by atoms with E-state index in [0.29, 0.717) is 6.04 Å². The minimum atomic E-state index is 0.574. The number of aromatic nitrogens is 2. The van der Waals surface area contributed by atoms with Crippen molar-refractivity contribution in [2.75, 3.05) is 0 Å². The van der Waals surface area contributed by atoms with Crippen LogP contribution in [-0.4, -0.2) is 20.9 Å². The lowest BCUT2D eigenvalue weighted by Gasteiger charge is -2.15. The normalized spacial score (nSPS) is 16.1. The summed E-state index contributed by atoms with van der Waals surface area (Å²) in [5, 5.41) is 11.6. The molecule has 1 aliphatic carbocycles. The molecule has 1 aliphatic rings. The van der Waals surface area contributed by atoms with Gasteiger partial charge in [0.1, 0.15) is 0 Å². The van der Waals surface area contributed by atoms with Crippen molar-refractivity contribution in [3.8, 4) is 0 Å². The molecule has 0 spiro atoms. The predicted molar refractivity (Wildman–Crippen MR) is 72.8 cm³/mol. The molecule has 0 aliphatic heterocycles. The third kappa shape index (κ3) is 3.19. The number of nitrogens with one attached hydrogen (secondary N) is 2. The van der Waals surface area contributed by atoms with Crippen LogP contribution in [0.2, 0.25) is 0 Å². The van der Waals surface area contributed by atoms with Gasteiger partial charge in [-0.2, -0.15) is 5.10 Å². The van der Waals surface area contributed by atoms with E-state index < -0.39 is 0 Å². The fourth-order valence-electron chi connectivity index (χ4n) is 2.20. The minimum Gasteiger partial charge on any atom is -0.360 e. The van der Waals surface area contributed by atoms with Gasteiger partial charge >= 0.3 is 0 Å². The Hall–Kier alpha value is -1.10. The molecule has 0 atom stereocenters. The molecule has 1 heterocycles. The molecule has 1 saturated carbocycles. The summed E-state index contributed by atoms with van der Waals surface area (Å²) in [4.78, 5) is 0. The Morgan fingerprint density at radius 2 is 2.24 bits per heavy atom. The number of hydrogen-bond donors (Lipinski definition) is 2. The van der Waals surface area contributed by atoms with Gasteiger partial charge in [-0.25, -0.2) is 0 Å². The van der Waals surface area contributed by atoms with Crippen LogP contribution in [0.3, 0.4) is 0 Å². The zero-order valence-corrected chi connectivity index (χ0v) is 11.3. The fraction of sp³-hybridized carbons (Fsp3) is 0.667. The van der Waals surface area contributed by atoms with E-state index >= 15 is 0 Å². The second-order valence-electron chi connectivity index (χ2n) is 4.69. The molecule has 17 heavy (non-hydrogen) atoms. The zero-order chi connectivity index (χ0) is 12.3. The molecule has 1 aromatic rings. The van der Waals surface area contributed by atoms with Gasteiger partial charge in [0.2, 0.25) is 0 Å². The summed E-state index contributed by atoms with van der Waals surface area (Å²) in [6, 6.07) is 0.574. The van der Waals surface area contributed by atoms with E-state index in [0.717, 1.165) is 11.7 Å². The monoisotopic (exact) mass is 252 g/mol. The van der Waals surface area contributed by atoms with Gasteiger partial charge in [-0.15, -0.1) is 0 Å². The first-order valence-electron chi connectivity index (χ1n) is 6.18. The number of nitrogens with zero attached hydrogens (tertiary/aromatic N) is 2. The van der Waals surface area contributed by atoms with Crippen LogP contribution in [0.4, 0.5) is 0 Å². The standard InChI is InChI=1S/C12H20N4S/c1-9-10(8-14-16(9)2)7-13-12(17)15-11-5-3-4-6-11/h8,11H,3-7H2,1-2H3,(H2,13,15,17). The van der Waals surface area contributed by atoms with Gasteiger partial charge < -0.3 is 10.6 Å². The summed E-state index contributed by atoms with van der Waals surface area (Å²) in [6.07, 6.45) is 7.02. The Balaban J connectivity index is 1.77. The first kappa shape index (κ1) is 12.4. The van der Waals surface area contributed by atoms with Crippen LogP contribution in [0.15, 0.2) is 6.20 Å². The first-order valence-corrected chi connectivity index (χ1v) is 6.59. The lowest BCUT2D eigenvalue weighted by atomic mass is 10.2. The highest BCUT2D eigenvalue weighted by Gasteiger charge is 2.15. The van der Waals surface area contributed by atoms with Crippen LogP contribution >= 0.6 is 12.2 Å². The maximum absolute atomic E-state index is 5.29. The molecular formula is C12H20N4S. The summed E-state index contributed by atoms with van der Waals surface area (Å²) >= 11 is 5.29. The molecule has 0 unspecified atom stereocenters. The van der Waals surface area contributed by atoms with Crippen molar-refractivity contribution >= 4 is 17.3 Å². The molecule has 1 fully saturated rings. The van der Waals surface area contributed by atoms with Gasteiger partial charge in [0.15, 0.2) is 5.11 Å². The largest absolute Gasteiger partial charge is 0.360 e. The first-order chi connectivity index (χ1) is 8.16. The maximum Gasteiger partial charge on any atom is 0.166 e. The number of rotatable bonds is 3. The van der Waals surface area contributed by atoms with E-state index in [1.54, 1.807) is 0 Å². The number of aryl methyl sites for hydroxylation is 1. The average Bonchev–Trinajstić information content (AvgIpc) is 2.90. The Kier molecular flexibility index (Phi) is 3.99. The molecule has 2 N–H and O–H groups in total. The Bertz CT molecular complexity index is 393. The Labute approximate surface area is 108 Å². The minimum absolute atomic E-state index is 0.574. The highest BCUT2D eigenvalue weighted by atomic mass is 32.1. The molecule has 0 radical (unpaired) electrons. The molecule has 0 saturated heterocycles.